The highest BCUT2D eigenvalue weighted by molar-refractivity contribution is 6.04. The van der Waals surface area contributed by atoms with Crippen LogP contribution in [0.25, 0.3) is 16.6 Å². The van der Waals surface area contributed by atoms with Gasteiger partial charge in [0.15, 0.2) is 0 Å². The summed E-state index contributed by atoms with van der Waals surface area (Å²) < 4.78 is 40.2. The molecule has 1 amide bonds. The van der Waals surface area contributed by atoms with Crippen LogP contribution >= 0.6 is 0 Å². The molecule has 5 nitrogen and oxygen atoms in total. The number of carbonyl (C=O) groups excluding carboxylic acids is 1. The largest absolute Gasteiger partial charge is 0.416 e. The summed E-state index contributed by atoms with van der Waals surface area (Å²) in [5, 5.41) is 3.03. The standard InChI is InChI=1S/C23H16F3N3O2/c1-14-27-20-11-3-2-10-19(20)22(31)29(14)18-9-5-8-17(13-18)28-21(30)15-6-4-7-16(12-15)23(24,25)26/h2-13H,1H3,(H,28,30). The Morgan fingerprint density at radius 1 is 0.968 bits per heavy atom. The minimum Gasteiger partial charge on any atom is -0.322 e. The van der Waals surface area contributed by atoms with Crippen molar-refractivity contribution in [3.05, 3.63) is 100 Å². The summed E-state index contributed by atoms with van der Waals surface area (Å²) in [6, 6.07) is 17.6. The van der Waals surface area contributed by atoms with E-state index in [1.807, 2.05) is 0 Å². The van der Waals surface area contributed by atoms with Gasteiger partial charge in [-0.3, -0.25) is 14.2 Å². The zero-order chi connectivity index (χ0) is 22.2. The minimum atomic E-state index is -4.54. The number of alkyl halides is 3. The van der Waals surface area contributed by atoms with Gasteiger partial charge in [0.05, 0.1) is 22.2 Å². The molecule has 0 aliphatic carbocycles. The topological polar surface area (TPSA) is 64.0 Å². The lowest BCUT2D eigenvalue weighted by atomic mass is 10.1. The van der Waals surface area contributed by atoms with Crippen LogP contribution in [0.15, 0.2) is 77.6 Å². The number of carbonyl (C=O) groups is 1. The molecule has 0 atom stereocenters. The Morgan fingerprint density at radius 2 is 1.71 bits per heavy atom. The monoisotopic (exact) mass is 423 g/mol. The van der Waals surface area contributed by atoms with Crippen molar-refractivity contribution in [2.24, 2.45) is 0 Å². The van der Waals surface area contributed by atoms with Gasteiger partial charge in [-0.25, -0.2) is 4.98 Å². The third-order valence-corrected chi connectivity index (χ3v) is 4.76. The summed E-state index contributed by atoms with van der Waals surface area (Å²) in [5.74, 6) is -0.228. The fourth-order valence-corrected chi connectivity index (χ4v) is 3.31. The van der Waals surface area contributed by atoms with Crippen molar-refractivity contribution in [3.63, 3.8) is 0 Å². The van der Waals surface area contributed by atoms with Crippen LogP contribution < -0.4 is 10.9 Å². The van der Waals surface area contributed by atoms with E-state index in [2.05, 4.69) is 10.3 Å². The summed E-state index contributed by atoms with van der Waals surface area (Å²) in [6.45, 7) is 1.70. The molecule has 0 radical (unpaired) electrons. The van der Waals surface area contributed by atoms with Gasteiger partial charge in [-0.05, 0) is 55.5 Å². The molecule has 0 spiro atoms. The molecule has 4 aromatic rings. The van der Waals surface area contributed by atoms with Gasteiger partial charge in [-0.1, -0.05) is 24.3 Å². The van der Waals surface area contributed by atoms with E-state index in [0.717, 1.165) is 12.1 Å². The number of rotatable bonds is 3. The van der Waals surface area contributed by atoms with E-state index < -0.39 is 17.6 Å². The average Bonchev–Trinajstić information content (AvgIpc) is 2.73. The van der Waals surface area contributed by atoms with Gasteiger partial charge in [-0.2, -0.15) is 13.2 Å². The quantitative estimate of drug-likeness (QED) is 0.506. The number of amides is 1. The first-order valence-corrected chi connectivity index (χ1v) is 9.31. The van der Waals surface area contributed by atoms with Crippen molar-refractivity contribution in [2.75, 3.05) is 5.32 Å². The Kier molecular flexibility index (Phi) is 5.06. The third kappa shape index (κ3) is 4.05. The summed E-state index contributed by atoms with van der Waals surface area (Å²) in [7, 11) is 0. The number of aryl methyl sites for hydroxylation is 1. The smallest absolute Gasteiger partial charge is 0.322 e. The highest BCUT2D eigenvalue weighted by atomic mass is 19.4. The van der Waals surface area contributed by atoms with Gasteiger partial charge >= 0.3 is 6.18 Å². The predicted octanol–water partition coefficient (Wildman–Crippen LogP) is 4.97. The maximum atomic E-state index is 13.0. The Labute approximate surface area is 174 Å². The summed E-state index contributed by atoms with van der Waals surface area (Å²) in [5.41, 5.74) is 0.0981. The molecule has 156 valence electrons. The normalized spacial score (nSPS) is 11.5. The molecule has 1 aromatic heterocycles. The Morgan fingerprint density at radius 3 is 2.48 bits per heavy atom. The maximum absolute atomic E-state index is 13.0. The lowest BCUT2D eigenvalue weighted by molar-refractivity contribution is -0.137. The van der Waals surface area contributed by atoms with Crippen LogP contribution in [0.4, 0.5) is 18.9 Å². The van der Waals surface area contributed by atoms with E-state index in [9.17, 15) is 22.8 Å². The number of nitrogens with zero attached hydrogens (tertiary/aromatic N) is 2. The average molecular weight is 423 g/mol. The Balaban J connectivity index is 1.68. The van der Waals surface area contributed by atoms with E-state index in [4.69, 9.17) is 0 Å². The van der Waals surface area contributed by atoms with Crippen molar-refractivity contribution in [1.82, 2.24) is 9.55 Å². The van der Waals surface area contributed by atoms with Crippen LogP contribution in [-0.2, 0) is 6.18 Å². The first kappa shape index (κ1) is 20.3. The first-order chi connectivity index (χ1) is 14.7. The molecule has 3 aromatic carbocycles. The van der Waals surface area contributed by atoms with E-state index in [1.165, 1.54) is 16.7 Å². The molecule has 0 unspecified atom stereocenters. The van der Waals surface area contributed by atoms with Gasteiger partial charge in [0.2, 0.25) is 0 Å². The number of para-hydroxylation sites is 1. The second-order valence-corrected chi connectivity index (χ2v) is 6.90. The summed E-state index contributed by atoms with van der Waals surface area (Å²) >= 11 is 0. The number of hydrogen-bond acceptors (Lipinski definition) is 3. The van der Waals surface area contributed by atoms with Crippen molar-refractivity contribution in [3.8, 4) is 5.69 Å². The molecule has 1 heterocycles. The van der Waals surface area contributed by atoms with Crippen molar-refractivity contribution in [1.29, 1.82) is 0 Å². The number of aromatic nitrogens is 2. The van der Waals surface area contributed by atoms with Crippen molar-refractivity contribution < 1.29 is 18.0 Å². The van der Waals surface area contributed by atoms with E-state index >= 15 is 0 Å². The molecular formula is C23H16F3N3O2. The summed E-state index contributed by atoms with van der Waals surface area (Å²) in [6.07, 6.45) is -4.54. The van der Waals surface area contributed by atoms with Crippen molar-refractivity contribution >= 4 is 22.5 Å². The lowest BCUT2D eigenvalue weighted by Crippen LogP contribution is -2.22. The highest BCUT2D eigenvalue weighted by Crippen LogP contribution is 2.29. The molecule has 0 bridgehead atoms. The molecule has 0 aliphatic heterocycles. The maximum Gasteiger partial charge on any atom is 0.416 e. The van der Waals surface area contributed by atoms with Crippen LogP contribution in [0.1, 0.15) is 21.7 Å². The molecule has 4 rings (SSSR count). The fourth-order valence-electron chi connectivity index (χ4n) is 3.31. The first-order valence-electron chi connectivity index (χ1n) is 9.31. The Hall–Kier alpha value is -3.94. The molecule has 0 saturated carbocycles. The molecule has 0 aliphatic rings. The number of hydrogen-bond donors (Lipinski definition) is 1. The second kappa shape index (κ2) is 7.71. The number of benzene rings is 3. The van der Waals surface area contributed by atoms with E-state index in [1.54, 1.807) is 55.5 Å². The highest BCUT2D eigenvalue weighted by Gasteiger charge is 2.30. The van der Waals surface area contributed by atoms with Crippen LogP contribution in [0.3, 0.4) is 0 Å². The minimum absolute atomic E-state index is 0.124. The molecule has 0 saturated heterocycles. The molecule has 31 heavy (non-hydrogen) atoms. The van der Waals surface area contributed by atoms with Crippen LogP contribution in [0.5, 0.6) is 0 Å². The molecule has 1 N–H and O–H groups in total. The second-order valence-electron chi connectivity index (χ2n) is 6.90. The van der Waals surface area contributed by atoms with Crippen LogP contribution in [-0.4, -0.2) is 15.5 Å². The molecule has 0 fully saturated rings. The van der Waals surface area contributed by atoms with Gasteiger partial charge in [0.1, 0.15) is 5.82 Å². The number of anilines is 1. The van der Waals surface area contributed by atoms with E-state index in [0.29, 0.717) is 28.1 Å². The zero-order valence-corrected chi connectivity index (χ0v) is 16.3. The van der Waals surface area contributed by atoms with Gasteiger partial charge in [0.25, 0.3) is 11.5 Å². The SMILES string of the molecule is Cc1nc2ccccc2c(=O)n1-c1cccc(NC(=O)c2cccc(C(F)(F)F)c2)c1. The van der Waals surface area contributed by atoms with Gasteiger partial charge in [0, 0.05) is 11.3 Å². The molecular weight excluding hydrogens is 407 g/mol. The number of fused-ring (bicyclic) bond motifs is 1. The van der Waals surface area contributed by atoms with Crippen LogP contribution in [0, 0.1) is 6.92 Å². The van der Waals surface area contributed by atoms with E-state index in [-0.39, 0.29) is 11.1 Å². The third-order valence-electron chi connectivity index (χ3n) is 4.76. The number of nitrogens with one attached hydrogen (secondary N) is 1. The van der Waals surface area contributed by atoms with Gasteiger partial charge in [-0.15, -0.1) is 0 Å². The molecule has 8 heteroatoms. The van der Waals surface area contributed by atoms with Crippen LogP contribution in [0.2, 0.25) is 0 Å². The predicted molar refractivity (Wildman–Crippen MR) is 111 cm³/mol. The fraction of sp³-hybridized carbons (Fsp3) is 0.0870. The van der Waals surface area contributed by atoms with Crippen molar-refractivity contribution in [2.45, 2.75) is 13.1 Å². The zero-order valence-electron chi connectivity index (χ0n) is 16.3. The Bertz CT molecular complexity index is 1360. The van der Waals surface area contributed by atoms with Gasteiger partial charge < -0.3 is 5.32 Å². The lowest BCUT2D eigenvalue weighted by Gasteiger charge is -2.13. The summed E-state index contributed by atoms with van der Waals surface area (Å²) in [4.78, 5) is 29.9. The number of halogens is 3.